The highest BCUT2D eigenvalue weighted by Crippen LogP contribution is 2.24. The first-order valence-corrected chi connectivity index (χ1v) is 9.09. The van der Waals surface area contributed by atoms with Crippen LogP contribution in [0, 0.1) is 6.92 Å². The van der Waals surface area contributed by atoms with Crippen molar-refractivity contribution in [1.82, 2.24) is 9.88 Å². The fourth-order valence-corrected chi connectivity index (χ4v) is 3.43. The Bertz CT molecular complexity index is 693. The molecule has 25 heavy (non-hydrogen) atoms. The van der Waals surface area contributed by atoms with Gasteiger partial charge in [0.25, 0.3) is 0 Å². The Hall–Kier alpha value is -2.14. The number of rotatable bonds is 7. The van der Waals surface area contributed by atoms with Crippen molar-refractivity contribution < 1.29 is 14.3 Å². The summed E-state index contributed by atoms with van der Waals surface area (Å²) in [5.41, 5.74) is 2.20. The van der Waals surface area contributed by atoms with Gasteiger partial charge < -0.3 is 14.4 Å². The Morgan fingerprint density at radius 1 is 1.36 bits per heavy atom. The zero-order valence-electron chi connectivity index (χ0n) is 14.8. The predicted octanol–water partition coefficient (Wildman–Crippen LogP) is 3.35. The van der Waals surface area contributed by atoms with Crippen molar-refractivity contribution >= 4 is 5.91 Å². The smallest absolute Gasteiger partial charge is 0.223 e. The number of aryl methyl sites for hydroxylation is 2. The molecule has 0 bridgehead atoms. The molecule has 1 saturated heterocycles. The molecule has 1 aromatic carbocycles. The van der Waals surface area contributed by atoms with Crippen LogP contribution in [0.25, 0.3) is 11.3 Å². The van der Waals surface area contributed by atoms with Crippen molar-refractivity contribution in [3.05, 3.63) is 41.9 Å². The summed E-state index contributed by atoms with van der Waals surface area (Å²) in [4.78, 5) is 18.8. The van der Waals surface area contributed by atoms with Crippen molar-refractivity contribution in [3.63, 3.8) is 0 Å². The van der Waals surface area contributed by atoms with Gasteiger partial charge in [-0.2, -0.15) is 0 Å². The largest absolute Gasteiger partial charge is 0.441 e. The molecule has 1 aliphatic rings. The summed E-state index contributed by atoms with van der Waals surface area (Å²) in [5.74, 6) is 1.51. The Labute approximate surface area is 148 Å². The van der Waals surface area contributed by atoms with Crippen LogP contribution in [0.2, 0.25) is 0 Å². The first-order valence-electron chi connectivity index (χ1n) is 9.09. The number of oxazole rings is 1. The summed E-state index contributed by atoms with van der Waals surface area (Å²) in [7, 11) is 0. The molecule has 3 rings (SSSR count). The lowest BCUT2D eigenvalue weighted by Gasteiger charge is -2.24. The van der Waals surface area contributed by atoms with E-state index in [9.17, 15) is 4.79 Å². The quantitative estimate of drug-likeness (QED) is 0.838. The third-order valence-corrected chi connectivity index (χ3v) is 4.84. The average molecular weight is 342 g/mol. The molecule has 1 atom stereocenters. The van der Waals surface area contributed by atoms with E-state index < -0.39 is 0 Å². The average Bonchev–Trinajstić information content (AvgIpc) is 3.28. The van der Waals surface area contributed by atoms with E-state index in [1.807, 2.05) is 36.1 Å². The van der Waals surface area contributed by atoms with Crippen molar-refractivity contribution in [2.75, 3.05) is 13.2 Å². The lowest BCUT2D eigenvalue weighted by atomic mass is 10.1. The van der Waals surface area contributed by atoms with Crippen molar-refractivity contribution in [3.8, 4) is 11.3 Å². The zero-order valence-corrected chi connectivity index (χ0v) is 14.8. The summed E-state index contributed by atoms with van der Waals surface area (Å²) < 4.78 is 5.80. The summed E-state index contributed by atoms with van der Waals surface area (Å²) in [6.07, 6.45) is 6.41. The van der Waals surface area contributed by atoms with Crippen LogP contribution in [0.1, 0.15) is 43.6 Å². The van der Waals surface area contributed by atoms with Gasteiger partial charge in [0.1, 0.15) is 0 Å². The van der Waals surface area contributed by atoms with Crippen LogP contribution in [0.15, 0.2) is 34.9 Å². The molecule has 1 aromatic heterocycles. The number of aliphatic hydroxyl groups excluding tert-OH is 1. The first kappa shape index (κ1) is 17.7. The topological polar surface area (TPSA) is 66.6 Å². The lowest BCUT2D eigenvalue weighted by Crippen LogP contribution is -2.35. The van der Waals surface area contributed by atoms with Gasteiger partial charge in [-0.15, -0.1) is 0 Å². The maximum absolute atomic E-state index is 12.5. The molecule has 134 valence electrons. The molecule has 0 aliphatic carbocycles. The fourth-order valence-electron chi connectivity index (χ4n) is 3.43. The van der Waals surface area contributed by atoms with Crippen molar-refractivity contribution in [1.29, 1.82) is 0 Å². The van der Waals surface area contributed by atoms with Crippen molar-refractivity contribution in [2.45, 2.75) is 51.5 Å². The van der Waals surface area contributed by atoms with Gasteiger partial charge in [-0.1, -0.05) is 29.8 Å². The molecule has 0 radical (unpaired) electrons. The number of aliphatic hydroxyl groups is 1. The van der Waals surface area contributed by atoms with Crippen LogP contribution < -0.4 is 0 Å². The lowest BCUT2D eigenvalue weighted by molar-refractivity contribution is -0.132. The number of benzene rings is 1. The SMILES string of the molecule is Cc1ccc(-c2cnc(CCC(=O)N3CCCC3CCCO)o2)cc1. The Kier molecular flexibility index (Phi) is 5.87. The van der Waals surface area contributed by atoms with Gasteiger partial charge in [-0.25, -0.2) is 4.98 Å². The van der Waals surface area contributed by atoms with Gasteiger partial charge in [0, 0.05) is 37.6 Å². The molecular weight excluding hydrogens is 316 g/mol. The third-order valence-electron chi connectivity index (χ3n) is 4.84. The normalized spacial score (nSPS) is 17.2. The summed E-state index contributed by atoms with van der Waals surface area (Å²) in [5, 5.41) is 8.99. The number of hydrogen-bond acceptors (Lipinski definition) is 4. The van der Waals surface area contributed by atoms with E-state index in [4.69, 9.17) is 9.52 Å². The number of nitrogens with zero attached hydrogens (tertiary/aromatic N) is 2. The van der Waals surface area contributed by atoms with E-state index in [-0.39, 0.29) is 18.6 Å². The molecule has 1 fully saturated rings. The minimum Gasteiger partial charge on any atom is -0.441 e. The van der Waals surface area contributed by atoms with Crippen LogP contribution in [0.5, 0.6) is 0 Å². The number of hydrogen-bond donors (Lipinski definition) is 1. The molecule has 2 heterocycles. The van der Waals surface area contributed by atoms with E-state index in [0.717, 1.165) is 43.6 Å². The van der Waals surface area contributed by atoms with E-state index in [1.54, 1.807) is 6.20 Å². The van der Waals surface area contributed by atoms with Crippen LogP contribution in [-0.2, 0) is 11.2 Å². The zero-order chi connectivity index (χ0) is 17.6. The summed E-state index contributed by atoms with van der Waals surface area (Å²) >= 11 is 0. The number of carbonyl (C=O) groups is 1. The number of amides is 1. The van der Waals surface area contributed by atoms with E-state index in [2.05, 4.69) is 4.98 Å². The predicted molar refractivity (Wildman–Crippen MR) is 96.1 cm³/mol. The molecule has 1 unspecified atom stereocenters. The van der Waals surface area contributed by atoms with Gasteiger partial charge in [0.05, 0.1) is 6.20 Å². The Balaban J connectivity index is 1.55. The molecule has 5 heteroatoms. The maximum atomic E-state index is 12.5. The molecule has 2 aromatic rings. The van der Waals surface area contributed by atoms with E-state index >= 15 is 0 Å². The van der Waals surface area contributed by atoms with Crippen LogP contribution in [-0.4, -0.2) is 40.1 Å². The van der Waals surface area contributed by atoms with Gasteiger partial charge in [0.2, 0.25) is 5.91 Å². The highest BCUT2D eigenvalue weighted by molar-refractivity contribution is 5.77. The number of aromatic nitrogens is 1. The minimum absolute atomic E-state index is 0.163. The van der Waals surface area contributed by atoms with Gasteiger partial charge >= 0.3 is 0 Å². The minimum atomic E-state index is 0.163. The highest BCUT2D eigenvalue weighted by atomic mass is 16.4. The first-order chi connectivity index (χ1) is 12.2. The Morgan fingerprint density at radius 2 is 2.16 bits per heavy atom. The second kappa shape index (κ2) is 8.30. The van der Waals surface area contributed by atoms with Gasteiger partial charge in [-0.05, 0) is 32.6 Å². The summed E-state index contributed by atoms with van der Waals surface area (Å²) in [6, 6.07) is 8.40. The van der Waals surface area contributed by atoms with Gasteiger partial charge in [0.15, 0.2) is 11.7 Å². The molecule has 1 N–H and O–H groups in total. The number of likely N-dealkylation sites (tertiary alicyclic amines) is 1. The molecular formula is C20H26N2O3. The maximum Gasteiger partial charge on any atom is 0.223 e. The highest BCUT2D eigenvalue weighted by Gasteiger charge is 2.28. The Morgan fingerprint density at radius 3 is 2.92 bits per heavy atom. The molecule has 1 amide bonds. The molecule has 0 spiro atoms. The fraction of sp³-hybridized carbons (Fsp3) is 0.500. The van der Waals surface area contributed by atoms with Crippen molar-refractivity contribution in [2.24, 2.45) is 0 Å². The number of carbonyl (C=O) groups excluding carboxylic acids is 1. The second-order valence-electron chi connectivity index (χ2n) is 6.73. The monoisotopic (exact) mass is 342 g/mol. The molecule has 0 saturated carbocycles. The van der Waals surface area contributed by atoms with Crippen LogP contribution in [0.4, 0.5) is 0 Å². The third kappa shape index (κ3) is 4.48. The summed E-state index contributed by atoms with van der Waals surface area (Å²) in [6.45, 7) is 3.07. The van der Waals surface area contributed by atoms with Gasteiger partial charge in [-0.3, -0.25) is 4.79 Å². The standard InChI is InChI=1S/C20H26N2O3/c1-15-6-8-16(9-7-15)18-14-21-19(25-18)10-11-20(24)22-12-2-4-17(22)5-3-13-23/h6-9,14,17,23H,2-5,10-13H2,1H3. The second-order valence-corrected chi connectivity index (χ2v) is 6.73. The van der Waals surface area contributed by atoms with Crippen LogP contribution >= 0.6 is 0 Å². The molecule has 1 aliphatic heterocycles. The molecule has 5 nitrogen and oxygen atoms in total. The van der Waals surface area contributed by atoms with E-state index in [0.29, 0.717) is 18.7 Å². The van der Waals surface area contributed by atoms with E-state index in [1.165, 1.54) is 5.56 Å². The van der Waals surface area contributed by atoms with Crippen LogP contribution in [0.3, 0.4) is 0 Å².